The molecular formula is C18H21FN2O3S. The van der Waals surface area contributed by atoms with Crippen LogP contribution in [0.25, 0.3) is 0 Å². The normalized spacial score (nSPS) is 11.3. The molecule has 0 unspecified atom stereocenters. The molecule has 134 valence electrons. The standard InChI is InChI=1S/C18H21FN2O3S/c1-3-21-25(23,24)15-9-8-13(2)16(12-15)18(22)20-11-10-14-6-4-5-7-17(14)19/h4-9,12,21H,3,10-11H2,1-2H3,(H,20,22). The average Bonchev–Trinajstić information content (AvgIpc) is 2.56. The van der Waals surface area contributed by atoms with Gasteiger partial charge in [0.1, 0.15) is 5.82 Å². The van der Waals surface area contributed by atoms with Crippen molar-refractivity contribution < 1.29 is 17.6 Å². The Balaban J connectivity index is 2.10. The molecule has 0 radical (unpaired) electrons. The minimum atomic E-state index is -3.63. The molecular weight excluding hydrogens is 343 g/mol. The first-order chi connectivity index (χ1) is 11.8. The van der Waals surface area contributed by atoms with E-state index >= 15 is 0 Å². The van der Waals surface area contributed by atoms with Crippen molar-refractivity contribution >= 4 is 15.9 Å². The molecule has 2 aromatic carbocycles. The van der Waals surface area contributed by atoms with Crippen molar-refractivity contribution in [1.29, 1.82) is 0 Å². The summed E-state index contributed by atoms with van der Waals surface area (Å²) in [4.78, 5) is 12.4. The number of carbonyl (C=O) groups excluding carboxylic acids is 1. The van der Waals surface area contributed by atoms with Crippen LogP contribution in [0.2, 0.25) is 0 Å². The third-order valence-electron chi connectivity index (χ3n) is 3.74. The number of sulfonamides is 1. The molecule has 0 saturated carbocycles. The molecule has 2 N–H and O–H groups in total. The summed E-state index contributed by atoms with van der Waals surface area (Å²) in [6, 6.07) is 10.8. The SMILES string of the molecule is CCNS(=O)(=O)c1ccc(C)c(C(=O)NCCc2ccccc2F)c1. The second-order valence-corrected chi connectivity index (χ2v) is 7.34. The highest BCUT2D eigenvalue weighted by Gasteiger charge is 2.17. The summed E-state index contributed by atoms with van der Waals surface area (Å²) in [5.41, 5.74) is 1.47. The third-order valence-corrected chi connectivity index (χ3v) is 5.28. The maximum absolute atomic E-state index is 13.6. The Hall–Kier alpha value is -2.25. The van der Waals surface area contributed by atoms with Crippen LogP contribution in [-0.2, 0) is 16.4 Å². The lowest BCUT2D eigenvalue weighted by Crippen LogP contribution is -2.28. The van der Waals surface area contributed by atoms with Gasteiger partial charge >= 0.3 is 0 Å². The zero-order valence-electron chi connectivity index (χ0n) is 14.2. The topological polar surface area (TPSA) is 75.3 Å². The summed E-state index contributed by atoms with van der Waals surface area (Å²) in [5, 5.41) is 2.71. The molecule has 1 amide bonds. The fourth-order valence-electron chi connectivity index (χ4n) is 2.39. The zero-order valence-corrected chi connectivity index (χ0v) is 15.0. The maximum Gasteiger partial charge on any atom is 0.251 e. The monoisotopic (exact) mass is 364 g/mol. The van der Waals surface area contributed by atoms with Gasteiger partial charge in [-0.05, 0) is 42.7 Å². The van der Waals surface area contributed by atoms with Crippen molar-refractivity contribution in [1.82, 2.24) is 10.0 Å². The van der Waals surface area contributed by atoms with Gasteiger partial charge in [0, 0.05) is 18.7 Å². The molecule has 0 fully saturated rings. The van der Waals surface area contributed by atoms with Crippen LogP contribution in [0.3, 0.4) is 0 Å². The molecule has 0 aliphatic carbocycles. The number of carbonyl (C=O) groups is 1. The Bertz CT molecular complexity index is 866. The van der Waals surface area contributed by atoms with E-state index in [4.69, 9.17) is 0 Å². The van der Waals surface area contributed by atoms with Crippen LogP contribution in [0.1, 0.15) is 28.4 Å². The highest BCUT2D eigenvalue weighted by molar-refractivity contribution is 7.89. The van der Waals surface area contributed by atoms with E-state index in [2.05, 4.69) is 10.0 Å². The van der Waals surface area contributed by atoms with Gasteiger partial charge in [0.2, 0.25) is 10.0 Å². The highest BCUT2D eigenvalue weighted by atomic mass is 32.2. The first-order valence-electron chi connectivity index (χ1n) is 7.97. The first-order valence-corrected chi connectivity index (χ1v) is 9.45. The Morgan fingerprint density at radius 3 is 2.56 bits per heavy atom. The smallest absolute Gasteiger partial charge is 0.251 e. The van der Waals surface area contributed by atoms with Gasteiger partial charge in [0.05, 0.1) is 4.90 Å². The lowest BCUT2D eigenvalue weighted by molar-refractivity contribution is 0.0953. The predicted molar refractivity (Wildman–Crippen MR) is 94.5 cm³/mol. The van der Waals surface area contributed by atoms with E-state index in [1.165, 1.54) is 18.2 Å². The van der Waals surface area contributed by atoms with Crippen molar-refractivity contribution in [3.8, 4) is 0 Å². The van der Waals surface area contributed by atoms with Crippen LogP contribution in [0.4, 0.5) is 4.39 Å². The summed E-state index contributed by atoms with van der Waals surface area (Å²) < 4.78 is 40.1. The van der Waals surface area contributed by atoms with Crippen molar-refractivity contribution in [2.24, 2.45) is 0 Å². The summed E-state index contributed by atoms with van der Waals surface area (Å²) in [6.45, 7) is 3.93. The number of rotatable bonds is 7. The Kier molecular flexibility index (Phi) is 6.27. The minimum absolute atomic E-state index is 0.0409. The van der Waals surface area contributed by atoms with Crippen molar-refractivity contribution in [3.05, 3.63) is 65.0 Å². The average molecular weight is 364 g/mol. The van der Waals surface area contributed by atoms with E-state index < -0.39 is 10.0 Å². The largest absolute Gasteiger partial charge is 0.352 e. The number of hydrogen-bond acceptors (Lipinski definition) is 3. The van der Waals surface area contributed by atoms with Crippen LogP contribution in [-0.4, -0.2) is 27.4 Å². The van der Waals surface area contributed by atoms with Crippen LogP contribution in [0.5, 0.6) is 0 Å². The number of amides is 1. The van der Waals surface area contributed by atoms with Gasteiger partial charge in [-0.25, -0.2) is 17.5 Å². The van der Waals surface area contributed by atoms with Crippen molar-refractivity contribution in [2.75, 3.05) is 13.1 Å². The molecule has 0 heterocycles. The number of nitrogens with one attached hydrogen (secondary N) is 2. The van der Waals surface area contributed by atoms with Crippen LogP contribution < -0.4 is 10.0 Å². The fourth-order valence-corrected chi connectivity index (χ4v) is 3.46. The molecule has 2 rings (SSSR count). The Labute approximate surface area is 147 Å². The van der Waals surface area contributed by atoms with E-state index in [9.17, 15) is 17.6 Å². The second-order valence-electron chi connectivity index (χ2n) is 5.58. The van der Waals surface area contributed by atoms with E-state index in [1.807, 2.05) is 0 Å². The van der Waals surface area contributed by atoms with E-state index in [-0.39, 0.29) is 35.3 Å². The lowest BCUT2D eigenvalue weighted by atomic mass is 10.1. The molecule has 0 atom stereocenters. The molecule has 0 bridgehead atoms. The molecule has 25 heavy (non-hydrogen) atoms. The van der Waals surface area contributed by atoms with Gasteiger partial charge < -0.3 is 5.32 Å². The maximum atomic E-state index is 13.6. The van der Waals surface area contributed by atoms with Crippen LogP contribution >= 0.6 is 0 Å². The third kappa shape index (κ3) is 4.87. The predicted octanol–water partition coefficient (Wildman–Crippen LogP) is 2.40. The van der Waals surface area contributed by atoms with Crippen LogP contribution in [0, 0.1) is 12.7 Å². The minimum Gasteiger partial charge on any atom is -0.352 e. The van der Waals surface area contributed by atoms with Gasteiger partial charge in [-0.1, -0.05) is 31.2 Å². The number of hydrogen-bond donors (Lipinski definition) is 2. The van der Waals surface area contributed by atoms with Gasteiger partial charge in [0.25, 0.3) is 5.91 Å². The van der Waals surface area contributed by atoms with Crippen molar-refractivity contribution in [2.45, 2.75) is 25.2 Å². The summed E-state index contributed by atoms with van der Waals surface area (Å²) in [5.74, 6) is -0.700. The molecule has 0 aliphatic rings. The van der Waals surface area contributed by atoms with Gasteiger partial charge in [0.15, 0.2) is 0 Å². The Morgan fingerprint density at radius 1 is 1.16 bits per heavy atom. The second kappa shape index (κ2) is 8.22. The molecule has 7 heteroatoms. The van der Waals surface area contributed by atoms with Gasteiger partial charge in [-0.15, -0.1) is 0 Å². The lowest BCUT2D eigenvalue weighted by Gasteiger charge is -2.11. The summed E-state index contributed by atoms with van der Waals surface area (Å²) in [6.07, 6.45) is 0.354. The molecule has 5 nitrogen and oxygen atoms in total. The number of aryl methyl sites for hydroxylation is 1. The van der Waals surface area contributed by atoms with E-state index in [0.29, 0.717) is 17.5 Å². The summed E-state index contributed by atoms with van der Waals surface area (Å²) >= 11 is 0. The Morgan fingerprint density at radius 2 is 1.88 bits per heavy atom. The number of benzene rings is 2. The van der Waals surface area contributed by atoms with E-state index in [0.717, 1.165) is 0 Å². The van der Waals surface area contributed by atoms with Gasteiger partial charge in [-0.2, -0.15) is 0 Å². The molecule has 0 aliphatic heterocycles. The number of halogens is 1. The zero-order chi connectivity index (χ0) is 18.4. The van der Waals surface area contributed by atoms with Gasteiger partial charge in [-0.3, -0.25) is 4.79 Å². The van der Waals surface area contributed by atoms with E-state index in [1.54, 1.807) is 38.1 Å². The highest BCUT2D eigenvalue weighted by Crippen LogP contribution is 2.16. The summed E-state index contributed by atoms with van der Waals surface area (Å²) in [7, 11) is -3.63. The van der Waals surface area contributed by atoms with Crippen LogP contribution in [0.15, 0.2) is 47.4 Å². The molecule has 0 aromatic heterocycles. The molecule has 2 aromatic rings. The molecule has 0 spiro atoms. The van der Waals surface area contributed by atoms with Crippen molar-refractivity contribution in [3.63, 3.8) is 0 Å². The quantitative estimate of drug-likeness (QED) is 0.792. The fraction of sp³-hybridized carbons (Fsp3) is 0.278. The first kappa shape index (κ1) is 19.1. The molecule has 0 saturated heterocycles.